The maximum absolute atomic E-state index is 14.5. The number of nitrogens with one attached hydrogen (secondary N) is 5. The number of nitrogens with zero attached hydrogens (tertiary/aromatic N) is 1. The average molecular weight is 781 g/mol. The number of hydrogen-bond donors (Lipinski definition) is 5. The molecule has 0 bridgehead atoms. The number of alkyl carbamates (subject to hydrolysis) is 2. The Labute approximate surface area is 330 Å². The molecule has 56 heavy (non-hydrogen) atoms. The molecule has 2 aromatic rings. The summed E-state index contributed by atoms with van der Waals surface area (Å²) in [5.74, 6) is -1.82. The molecule has 0 saturated heterocycles. The van der Waals surface area contributed by atoms with Gasteiger partial charge in [-0.05, 0) is 105 Å². The van der Waals surface area contributed by atoms with Crippen LogP contribution in [0.25, 0.3) is 6.08 Å². The first kappa shape index (κ1) is 46.6. The summed E-state index contributed by atoms with van der Waals surface area (Å²) >= 11 is 0. The van der Waals surface area contributed by atoms with Crippen molar-refractivity contribution in [1.29, 1.82) is 0 Å². The highest BCUT2D eigenvalue weighted by Gasteiger charge is 2.35. The summed E-state index contributed by atoms with van der Waals surface area (Å²) in [7, 11) is 2.87. The molecule has 0 heterocycles. The molecule has 0 unspecified atom stereocenters. The van der Waals surface area contributed by atoms with E-state index in [1.807, 2.05) is 13.0 Å². The Kier molecular flexibility index (Phi) is 17.4. The predicted molar refractivity (Wildman–Crippen MR) is 214 cm³/mol. The van der Waals surface area contributed by atoms with E-state index < -0.39 is 65.1 Å². The van der Waals surface area contributed by atoms with Crippen molar-refractivity contribution in [3.05, 3.63) is 70.3 Å². The van der Waals surface area contributed by atoms with Gasteiger partial charge in [-0.15, -0.1) is 0 Å². The van der Waals surface area contributed by atoms with E-state index in [9.17, 15) is 28.8 Å². The van der Waals surface area contributed by atoms with Crippen molar-refractivity contribution in [1.82, 2.24) is 31.5 Å². The lowest BCUT2D eigenvalue weighted by Crippen LogP contribution is -2.53. The minimum Gasteiger partial charge on any atom is -0.491 e. The third kappa shape index (κ3) is 15.3. The van der Waals surface area contributed by atoms with E-state index in [-0.39, 0.29) is 26.1 Å². The number of rotatable bonds is 16. The molecule has 2 rings (SSSR count). The monoisotopic (exact) mass is 780 g/mol. The number of ether oxygens (including phenoxy) is 3. The molecule has 15 nitrogen and oxygen atoms in total. The van der Waals surface area contributed by atoms with Crippen molar-refractivity contribution in [2.75, 3.05) is 33.8 Å². The maximum Gasteiger partial charge on any atom is 0.407 e. The zero-order chi connectivity index (χ0) is 42.4. The summed E-state index contributed by atoms with van der Waals surface area (Å²) in [5.41, 5.74) is 1.55. The highest BCUT2D eigenvalue weighted by atomic mass is 16.6. The summed E-state index contributed by atoms with van der Waals surface area (Å²) < 4.78 is 16.6. The molecule has 0 fully saturated rings. The first-order valence-electron chi connectivity index (χ1n) is 18.6. The van der Waals surface area contributed by atoms with E-state index in [1.165, 1.54) is 25.9 Å². The second kappa shape index (κ2) is 20.9. The molecule has 0 spiro atoms. The van der Waals surface area contributed by atoms with E-state index in [4.69, 9.17) is 14.2 Å². The Balaban J connectivity index is 2.52. The molecule has 0 aliphatic carbocycles. The Morgan fingerprint density at radius 1 is 0.821 bits per heavy atom. The van der Waals surface area contributed by atoms with E-state index in [0.717, 1.165) is 5.56 Å². The van der Waals surface area contributed by atoms with Gasteiger partial charge in [-0.2, -0.15) is 0 Å². The standard InChI is InChI=1S/C41H60N6O9/c1-13-14-28-24-29(16-18-32(28)54-22-21-44-39(53)56-41(8,9)10)33(36(50)45-27(4)34(48)42-11)47(12)37(51)31(19-20-43-38(52)55-40(5,6)7)46-35(49)30-17-15-25(2)23-26(30)3/h13-18,23-24,27,31,33H,19-22H2,1-12H3,(H,42,48)(H,43,52)(H,44,53)(H,45,50)(H,46,49)/b14-13+/t27-,31-,33-/m0/s1. The molecule has 0 aromatic heterocycles. The second-order valence-corrected chi connectivity index (χ2v) is 15.3. The van der Waals surface area contributed by atoms with Crippen molar-refractivity contribution < 1.29 is 43.0 Å². The van der Waals surface area contributed by atoms with Gasteiger partial charge in [-0.25, -0.2) is 9.59 Å². The number of carbonyl (C=O) groups excluding carboxylic acids is 6. The first-order valence-corrected chi connectivity index (χ1v) is 18.6. The fourth-order valence-corrected chi connectivity index (χ4v) is 5.50. The van der Waals surface area contributed by atoms with Gasteiger partial charge in [0.25, 0.3) is 5.91 Å². The van der Waals surface area contributed by atoms with Crippen LogP contribution in [0.5, 0.6) is 5.75 Å². The van der Waals surface area contributed by atoms with Crippen molar-refractivity contribution in [3.8, 4) is 5.75 Å². The summed E-state index contributed by atoms with van der Waals surface area (Å²) in [6, 6.07) is 6.80. The molecule has 5 N–H and O–H groups in total. The molecule has 308 valence electrons. The van der Waals surface area contributed by atoms with Crippen LogP contribution < -0.4 is 31.3 Å². The molecule has 3 atom stereocenters. The molecule has 0 aliphatic rings. The minimum atomic E-state index is -1.29. The smallest absolute Gasteiger partial charge is 0.407 e. The fourth-order valence-electron chi connectivity index (χ4n) is 5.50. The van der Waals surface area contributed by atoms with Crippen LogP contribution in [-0.2, 0) is 23.9 Å². The highest BCUT2D eigenvalue weighted by molar-refractivity contribution is 6.00. The maximum atomic E-state index is 14.5. The summed E-state index contributed by atoms with van der Waals surface area (Å²) in [4.78, 5) is 80.4. The molecule has 0 radical (unpaired) electrons. The topological polar surface area (TPSA) is 193 Å². The van der Waals surface area contributed by atoms with Crippen LogP contribution in [0.15, 0.2) is 42.5 Å². The molecular formula is C41H60N6O9. The Morgan fingerprint density at radius 3 is 1.98 bits per heavy atom. The third-order valence-electron chi connectivity index (χ3n) is 8.04. The van der Waals surface area contributed by atoms with Gasteiger partial charge < -0.3 is 45.7 Å². The van der Waals surface area contributed by atoms with Gasteiger partial charge in [0.05, 0.1) is 6.54 Å². The number of allylic oxidation sites excluding steroid dienone is 1. The Bertz CT molecular complexity index is 1750. The van der Waals surface area contributed by atoms with Gasteiger partial charge >= 0.3 is 12.2 Å². The van der Waals surface area contributed by atoms with E-state index >= 15 is 0 Å². The van der Waals surface area contributed by atoms with Gasteiger partial charge in [0.15, 0.2) is 0 Å². The molecule has 0 aliphatic heterocycles. The fraction of sp³-hybridized carbons (Fsp3) is 0.512. The lowest BCUT2D eigenvalue weighted by Gasteiger charge is -2.32. The largest absolute Gasteiger partial charge is 0.491 e. The average Bonchev–Trinajstić information content (AvgIpc) is 3.08. The van der Waals surface area contributed by atoms with Gasteiger partial charge in [0.2, 0.25) is 17.7 Å². The number of aryl methyl sites for hydroxylation is 2. The normalized spacial score (nSPS) is 13.1. The van der Waals surface area contributed by atoms with Gasteiger partial charge in [-0.1, -0.05) is 35.9 Å². The van der Waals surface area contributed by atoms with E-state index in [0.29, 0.717) is 28.0 Å². The predicted octanol–water partition coefficient (Wildman–Crippen LogP) is 4.70. The zero-order valence-electron chi connectivity index (χ0n) is 34.8. The van der Waals surface area contributed by atoms with Gasteiger partial charge in [0.1, 0.15) is 41.7 Å². The number of carbonyl (C=O) groups is 6. The van der Waals surface area contributed by atoms with Crippen LogP contribution in [-0.4, -0.2) is 97.8 Å². The first-order chi connectivity index (χ1) is 26.1. The molecule has 6 amide bonds. The van der Waals surface area contributed by atoms with Crippen molar-refractivity contribution in [3.63, 3.8) is 0 Å². The van der Waals surface area contributed by atoms with Crippen molar-refractivity contribution in [2.24, 2.45) is 0 Å². The van der Waals surface area contributed by atoms with Crippen LogP contribution in [0.2, 0.25) is 0 Å². The zero-order valence-corrected chi connectivity index (χ0v) is 34.8. The third-order valence-corrected chi connectivity index (χ3v) is 8.04. The van der Waals surface area contributed by atoms with Crippen LogP contribution in [0.4, 0.5) is 9.59 Å². The van der Waals surface area contributed by atoms with Crippen LogP contribution in [0.3, 0.4) is 0 Å². The lowest BCUT2D eigenvalue weighted by molar-refractivity contribution is -0.141. The van der Waals surface area contributed by atoms with Crippen molar-refractivity contribution in [2.45, 2.75) is 105 Å². The molecule has 2 aromatic carbocycles. The summed E-state index contributed by atoms with van der Waals surface area (Å²) in [6.45, 7) is 17.7. The van der Waals surface area contributed by atoms with Gasteiger partial charge in [0, 0.05) is 31.8 Å². The van der Waals surface area contributed by atoms with E-state index in [1.54, 1.807) is 97.9 Å². The molecular weight excluding hydrogens is 720 g/mol. The van der Waals surface area contributed by atoms with Crippen LogP contribution in [0.1, 0.15) is 100 Å². The lowest BCUT2D eigenvalue weighted by atomic mass is 9.99. The number of hydrogen-bond acceptors (Lipinski definition) is 9. The summed E-state index contributed by atoms with van der Waals surface area (Å²) in [5, 5.41) is 13.3. The van der Waals surface area contributed by atoms with E-state index in [2.05, 4.69) is 26.6 Å². The van der Waals surface area contributed by atoms with Crippen molar-refractivity contribution >= 4 is 41.9 Å². The molecule has 0 saturated carbocycles. The number of amides is 6. The Hall–Kier alpha value is -5.60. The van der Waals surface area contributed by atoms with Crippen LogP contribution in [0, 0.1) is 13.8 Å². The van der Waals surface area contributed by atoms with Gasteiger partial charge in [-0.3, -0.25) is 19.2 Å². The molecule has 15 heteroatoms. The number of likely N-dealkylation sites (N-methyl/N-ethyl adjacent to an activating group) is 2. The summed E-state index contributed by atoms with van der Waals surface area (Å²) in [6.07, 6.45) is 2.22. The second-order valence-electron chi connectivity index (χ2n) is 15.3. The van der Waals surface area contributed by atoms with Crippen LogP contribution >= 0.6 is 0 Å². The SMILES string of the molecule is C/C=C/c1cc([C@@H](C(=O)N[C@@H](C)C(=O)NC)N(C)C(=O)[C@H](CCNC(=O)OC(C)(C)C)NC(=O)c2ccc(C)cc2C)ccc1OCCNC(=O)OC(C)(C)C. The quantitative estimate of drug-likeness (QED) is 0.150. The number of benzene rings is 2. The Morgan fingerprint density at radius 2 is 1.43 bits per heavy atom. The highest BCUT2D eigenvalue weighted by Crippen LogP contribution is 2.29. The minimum absolute atomic E-state index is 0.0445.